The molecule has 106 valence electrons. The molecule has 0 aliphatic carbocycles. The first-order chi connectivity index (χ1) is 9.72. The maximum atomic E-state index is 12.0. The number of amides is 1. The van der Waals surface area contributed by atoms with Gasteiger partial charge in [0.25, 0.3) is 5.91 Å². The molecule has 20 heavy (non-hydrogen) atoms. The minimum atomic E-state index is -0.148. The van der Waals surface area contributed by atoms with E-state index in [4.69, 9.17) is 4.74 Å². The van der Waals surface area contributed by atoms with Crippen LogP contribution in [0.1, 0.15) is 29.1 Å². The molecule has 0 bridgehead atoms. The van der Waals surface area contributed by atoms with Crippen LogP contribution in [0.5, 0.6) is 0 Å². The van der Waals surface area contributed by atoms with Crippen molar-refractivity contribution in [1.82, 2.24) is 15.1 Å². The van der Waals surface area contributed by atoms with Crippen LogP contribution in [-0.2, 0) is 11.8 Å². The molecule has 0 saturated heterocycles. The Morgan fingerprint density at radius 2 is 2.10 bits per heavy atom. The van der Waals surface area contributed by atoms with Crippen molar-refractivity contribution in [2.24, 2.45) is 7.05 Å². The van der Waals surface area contributed by atoms with Gasteiger partial charge in [-0.15, -0.1) is 0 Å². The first-order valence-corrected chi connectivity index (χ1v) is 6.65. The summed E-state index contributed by atoms with van der Waals surface area (Å²) in [4.78, 5) is 12.0. The summed E-state index contributed by atoms with van der Waals surface area (Å²) in [6.07, 6.45) is 1.46. The molecule has 1 unspecified atom stereocenters. The average molecular weight is 273 g/mol. The number of nitrogens with one attached hydrogen (secondary N) is 1. The van der Waals surface area contributed by atoms with Crippen LogP contribution in [0.15, 0.2) is 42.6 Å². The normalized spacial score (nSPS) is 12.1. The van der Waals surface area contributed by atoms with Crippen LogP contribution in [0.2, 0.25) is 0 Å². The highest BCUT2D eigenvalue weighted by Crippen LogP contribution is 2.16. The number of aryl methyl sites for hydroxylation is 1. The second-order valence-corrected chi connectivity index (χ2v) is 4.40. The van der Waals surface area contributed by atoms with Gasteiger partial charge in [0.2, 0.25) is 0 Å². The molecular weight excluding hydrogens is 254 g/mol. The predicted molar refractivity (Wildman–Crippen MR) is 76.4 cm³/mol. The van der Waals surface area contributed by atoms with Gasteiger partial charge < -0.3 is 10.1 Å². The Morgan fingerprint density at radius 1 is 1.35 bits per heavy atom. The number of aromatic nitrogens is 2. The molecule has 0 aliphatic heterocycles. The summed E-state index contributed by atoms with van der Waals surface area (Å²) in [5.74, 6) is -0.148. The highest BCUT2D eigenvalue weighted by atomic mass is 16.5. The van der Waals surface area contributed by atoms with E-state index in [0.29, 0.717) is 18.8 Å². The molecule has 1 amide bonds. The molecule has 0 spiro atoms. The van der Waals surface area contributed by atoms with E-state index in [-0.39, 0.29) is 12.0 Å². The van der Waals surface area contributed by atoms with Gasteiger partial charge in [0.1, 0.15) is 5.69 Å². The molecule has 0 saturated carbocycles. The topological polar surface area (TPSA) is 56.1 Å². The summed E-state index contributed by atoms with van der Waals surface area (Å²) < 4.78 is 7.24. The summed E-state index contributed by atoms with van der Waals surface area (Å²) in [6.45, 7) is 2.97. The third-order valence-corrected chi connectivity index (χ3v) is 3.04. The summed E-state index contributed by atoms with van der Waals surface area (Å²) in [6, 6.07) is 11.6. The van der Waals surface area contributed by atoms with Gasteiger partial charge in [0.15, 0.2) is 0 Å². The largest absolute Gasteiger partial charge is 0.372 e. The lowest BCUT2D eigenvalue weighted by molar-refractivity contribution is 0.0583. The lowest BCUT2D eigenvalue weighted by Gasteiger charge is -2.18. The van der Waals surface area contributed by atoms with E-state index in [1.807, 2.05) is 37.3 Å². The molecule has 1 N–H and O–H groups in total. The number of benzene rings is 1. The maximum Gasteiger partial charge on any atom is 0.269 e. The molecule has 1 aromatic heterocycles. The lowest BCUT2D eigenvalue weighted by Crippen LogP contribution is -2.30. The smallest absolute Gasteiger partial charge is 0.269 e. The van der Waals surface area contributed by atoms with Crippen LogP contribution in [0, 0.1) is 0 Å². The molecule has 1 heterocycles. The number of hydrogen-bond donors (Lipinski definition) is 1. The summed E-state index contributed by atoms with van der Waals surface area (Å²) in [5, 5.41) is 6.87. The quantitative estimate of drug-likeness (QED) is 0.875. The second kappa shape index (κ2) is 6.86. The third kappa shape index (κ3) is 3.45. The number of carbonyl (C=O) groups is 1. The van der Waals surface area contributed by atoms with Gasteiger partial charge in [0, 0.05) is 26.4 Å². The minimum Gasteiger partial charge on any atom is -0.372 e. The van der Waals surface area contributed by atoms with Crippen LogP contribution in [0.4, 0.5) is 0 Å². The molecule has 0 radical (unpaired) electrons. The fourth-order valence-electron chi connectivity index (χ4n) is 2.01. The Labute approximate surface area is 118 Å². The minimum absolute atomic E-state index is 0.140. The van der Waals surface area contributed by atoms with Crippen molar-refractivity contribution in [2.45, 2.75) is 13.0 Å². The van der Waals surface area contributed by atoms with Gasteiger partial charge in [-0.3, -0.25) is 9.48 Å². The zero-order valence-corrected chi connectivity index (χ0v) is 11.7. The van der Waals surface area contributed by atoms with Crippen molar-refractivity contribution in [3.05, 3.63) is 53.9 Å². The van der Waals surface area contributed by atoms with Crippen LogP contribution in [0.3, 0.4) is 0 Å². The molecular formula is C15H19N3O2. The number of nitrogens with zero attached hydrogens (tertiary/aromatic N) is 2. The monoisotopic (exact) mass is 273 g/mol. The average Bonchev–Trinajstić information content (AvgIpc) is 2.90. The highest BCUT2D eigenvalue weighted by molar-refractivity contribution is 5.92. The number of ether oxygens (including phenoxy) is 1. The Kier molecular flexibility index (Phi) is 4.90. The standard InChI is InChI=1S/C15H19N3O2/c1-3-20-14(12-7-5-4-6-8-12)11-16-15(19)13-9-10-17-18(13)2/h4-10,14H,3,11H2,1-2H3,(H,16,19). The van der Waals surface area contributed by atoms with Crippen LogP contribution in [0.25, 0.3) is 0 Å². The van der Waals surface area contributed by atoms with Gasteiger partial charge in [-0.05, 0) is 18.6 Å². The molecule has 0 aliphatic rings. The highest BCUT2D eigenvalue weighted by Gasteiger charge is 2.15. The molecule has 0 fully saturated rings. The molecule has 2 rings (SSSR count). The van der Waals surface area contributed by atoms with E-state index in [1.165, 1.54) is 0 Å². The van der Waals surface area contributed by atoms with Crippen LogP contribution < -0.4 is 5.32 Å². The zero-order chi connectivity index (χ0) is 14.4. The SMILES string of the molecule is CCOC(CNC(=O)c1ccnn1C)c1ccccc1. The molecule has 1 atom stereocenters. The van der Waals surface area contributed by atoms with E-state index < -0.39 is 0 Å². The van der Waals surface area contributed by atoms with Gasteiger partial charge in [0.05, 0.1) is 6.10 Å². The van der Waals surface area contributed by atoms with Gasteiger partial charge >= 0.3 is 0 Å². The first kappa shape index (κ1) is 14.3. The van der Waals surface area contributed by atoms with Crippen molar-refractivity contribution < 1.29 is 9.53 Å². The summed E-state index contributed by atoms with van der Waals surface area (Å²) in [5.41, 5.74) is 1.59. The Bertz CT molecular complexity index is 551. The van der Waals surface area contributed by atoms with Crippen molar-refractivity contribution in [1.29, 1.82) is 0 Å². The van der Waals surface area contributed by atoms with Crippen molar-refractivity contribution in [3.63, 3.8) is 0 Å². The van der Waals surface area contributed by atoms with E-state index in [9.17, 15) is 4.79 Å². The molecule has 5 nitrogen and oxygen atoms in total. The Balaban J connectivity index is 1.99. The van der Waals surface area contributed by atoms with Crippen LogP contribution in [-0.4, -0.2) is 28.8 Å². The molecule has 2 aromatic rings. The fourth-order valence-corrected chi connectivity index (χ4v) is 2.01. The van der Waals surface area contributed by atoms with Crippen molar-refractivity contribution >= 4 is 5.91 Å². The zero-order valence-electron chi connectivity index (χ0n) is 11.7. The number of carbonyl (C=O) groups excluding carboxylic acids is 1. The Morgan fingerprint density at radius 3 is 2.70 bits per heavy atom. The molecule has 5 heteroatoms. The van der Waals surface area contributed by atoms with E-state index in [0.717, 1.165) is 5.56 Å². The second-order valence-electron chi connectivity index (χ2n) is 4.40. The van der Waals surface area contributed by atoms with Crippen molar-refractivity contribution in [2.75, 3.05) is 13.2 Å². The Hall–Kier alpha value is -2.14. The first-order valence-electron chi connectivity index (χ1n) is 6.65. The number of rotatable bonds is 6. The summed E-state index contributed by atoms with van der Waals surface area (Å²) in [7, 11) is 1.74. The third-order valence-electron chi connectivity index (χ3n) is 3.04. The van der Waals surface area contributed by atoms with E-state index in [1.54, 1.807) is 24.0 Å². The van der Waals surface area contributed by atoms with Gasteiger partial charge in [-0.1, -0.05) is 30.3 Å². The van der Waals surface area contributed by atoms with Gasteiger partial charge in [-0.25, -0.2) is 0 Å². The van der Waals surface area contributed by atoms with Gasteiger partial charge in [-0.2, -0.15) is 5.10 Å². The van der Waals surface area contributed by atoms with E-state index >= 15 is 0 Å². The molecule has 1 aromatic carbocycles. The number of hydrogen-bond acceptors (Lipinski definition) is 3. The summed E-state index contributed by atoms with van der Waals surface area (Å²) >= 11 is 0. The van der Waals surface area contributed by atoms with Crippen LogP contribution >= 0.6 is 0 Å². The maximum absolute atomic E-state index is 12.0. The van der Waals surface area contributed by atoms with Crippen molar-refractivity contribution in [3.8, 4) is 0 Å². The lowest BCUT2D eigenvalue weighted by atomic mass is 10.1. The predicted octanol–water partition coefficient (Wildman–Crippen LogP) is 1.93. The van der Waals surface area contributed by atoms with E-state index in [2.05, 4.69) is 10.4 Å². The fraction of sp³-hybridized carbons (Fsp3) is 0.333.